The number of hydrogen-bond acceptors (Lipinski definition) is 3. The number of aromatic nitrogens is 4. The van der Waals surface area contributed by atoms with Gasteiger partial charge in [-0.25, -0.2) is 4.98 Å². The minimum absolute atomic E-state index is 0.777. The standard InChI is InChI=1S/C46H26N4O/c1-2-14-27(15-3-1)49-35-23-11-9-21-33(35)41-44-39(40-34-22-10-13-25-37(34)51-46(40)45(41)49)32-20-8-12-24-36(32)50(44)38-26-47-42-30-18-6-4-16-28(30)29-17-5-7-19-31(29)43(42)48-38/h1-26H. The van der Waals surface area contributed by atoms with Gasteiger partial charge in [-0.3, -0.25) is 9.55 Å². The summed E-state index contributed by atoms with van der Waals surface area (Å²) in [6.07, 6.45) is 1.95. The summed E-state index contributed by atoms with van der Waals surface area (Å²) in [5.41, 5.74) is 8.94. The molecule has 0 N–H and O–H groups in total. The molecule has 4 aromatic heterocycles. The topological polar surface area (TPSA) is 48.8 Å². The van der Waals surface area contributed by atoms with Crippen LogP contribution in [0.15, 0.2) is 162 Å². The highest BCUT2D eigenvalue weighted by Gasteiger charge is 2.28. The first-order valence-corrected chi connectivity index (χ1v) is 17.3. The Hall–Kier alpha value is -6.98. The highest BCUT2D eigenvalue weighted by Crippen LogP contribution is 2.49. The van der Waals surface area contributed by atoms with Crippen molar-refractivity contribution in [3.05, 3.63) is 158 Å². The maximum atomic E-state index is 6.92. The van der Waals surface area contributed by atoms with E-state index in [2.05, 4.69) is 155 Å². The third-order valence-corrected chi connectivity index (χ3v) is 10.7. The predicted octanol–water partition coefficient (Wildman–Crippen LogP) is 12.0. The number of rotatable bonds is 2. The average Bonchev–Trinajstić information content (AvgIpc) is 3.86. The molecular weight excluding hydrogens is 625 g/mol. The molecule has 0 fully saturated rings. The zero-order valence-corrected chi connectivity index (χ0v) is 27.2. The molecule has 0 amide bonds. The first-order chi connectivity index (χ1) is 25.3. The third kappa shape index (κ3) is 3.44. The van der Waals surface area contributed by atoms with Crippen LogP contribution in [0, 0.1) is 0 Å². The SMILES string of the molecule is c1ccc(-n2c3ccccc3c3c2c2oc4ccccc4c2c2c4ccccc4n(-c4cnc5c6ccccc6c6ccccc6c5n4)c23)cc1. The minimum atomic E-state index is 0.777. The molecule has 12 aromatic rings. The van der Waals surface area contributed by atoms with Gasteiger partial charge in [0.25, 0.3) is 0 Å². The lowest BCUT2D eigenvalue weighted by Crippen LogP contribution is -2.00. The molecular formula is C46H26N4O. The van der Waals surface area contributed by atoms with Gasteiger partial charge in [-0.2, -0.15) is 0 Å². The van der Waals surface area contributed by atoms with Gasteiger partial charge in [-0.05, 0) is 41.1 Å². The first-order valence-electron chi connectivity index (χ1n) is 17.3. The van der Waals surface area contributed by atoms with Crippen LogP contribution in [0.5, 0.6) is 0 Å². The Morgan fingerprint density at radius 2 is 0.961 bits per heavy atom. The van der Waals surface area contributed by atoms with Crippen molar-refractivity contribution in [1.82, 2.24) is 19.1 Å². The minimum Gasteiger partial charge on any atom is -0.454 e. The van der Waals surface area contributed by atoms with E-state index in [-0.39, 0.29) is 0 Å². The fourth-order valence-corrected chi connectivity index (χ4v) is 8.69. The van der Waals surface area contributed by atoms with E-state index >= 15 is 0 Å². The fraction of sp³-hybridized carbons (Fsp3) is 0. The van der Waals surface area contributed by atoms with Crippen LogP contribution in [0.4, 0.5) is 0 Å². The first kappa shape index (κ1) is 26.9. The quantitative estimate of drug-likeness (QED) is 0.175. The van der Waals surface area contributed by atoms with Crippen molar-refractivity contribution in [2.75, 3.05) is 0 Å². The summed E-state index contributed by atoms with van der Waals surface area (Å²) in [6.45, 7) is 0. The molecule has 4 heterocycles. The maximum absolute atomic E-state index is 6.92. The number of nitrogens with zero attached hydrogens (tertiary/aromatic N) is 4. The van der Waals surface area contributed by atoms with Gasteiger partial charge in [-0.1, -0.05) is 121 Å². The zero-order chi connectivity index (χ0) is 33.2. The highest BCUT2D eigenvalue weighted by molar-refractivity contribution is 6.39. The van der Waals surface area contributed by atoms with Crippen LogP contribution in [-0.4, -0.2) is 19.1 Å². The molecule has 0 saturated carbocycles. The second kappa shape index (κ2) is 9.80. The predicted molar refractivity (Wildman–Crippen MR) is 211 cm³/mol. The molecule has 0 atom stereocenters. The molecule has 0 bridgehead atoms. The number of para-hydroxylation sites is 4. The van der Waals surface area contributed by atoms with Gasteiger partial charge in [0, 0.05) is 48.8 Å². The Morgan fingerprint density at radius 1 is 0.412 bits per heavy atom. The van der Waals surface area contributed by atoms with Crippen LogP contribution < -0.4 is 0 Å². The fourth-order valence-electron chi connectivity index (χ4n) is 8.69. The van der Waals surface area contributed by atoms with E-state index in [0.717, 1.165) is 98.9 Å². The summed E-state index contributed by atoms with van der Waals surface area (Å²) < 4.78 is 11.6. The Balaban J connectivity index is 1.36. The van der Waals surface area contributed by atoms with E-state index in [1.807, 2.05) is 12.3 Å². The van der Waals surface area contributed by atoms with Crippen molar-refractivity contribution < 1.29 is 4.42 Å². The van der Waals surface area contributed by atoms with Crippen molar-refractivity contribution in [3.63, 3.8) is 0 Å². The molecule has 0 aliphatic rings. The van der Waals surface area contributed by atoms with Crippen molar-refractivity contribution in [2.45, 2.75) is 0 Å². The van der Waals surface area contributed by atoms with Crippen LogP contribution in [0.25, 0.3) is 110 Å². The molecule has 0 aliphatic heterocycles. The summed E-state index contributed by atoms with van der Waals surface area (Å²) >= 11 is 0. The molecule has 0 unspecified atom stereocenters. The molecule has 5 nitrogen and oxygen atoms in total. The van der Waals surface area contributed by atoms with Crippen LogP contribution in [0.2, 0.25) is 0 Å². The van der Waals surface area contributed by atoms with E-state index in [1.54, 1.807) is 0 Å². The van der Waals surface area contributed by atoms with E-state index in [9.17, 15) is 0 Å². The molecule has 0 radical (unpaired) electrons. The summed E-state index contributed by atoms with van der Waals surface area (Å²) in [5.74, 6) is 0.777. The number of furan rings is 1. The Bertz CT molecular complexity index is 3390. The van der Waals surface area contributed by atoms with Crippen LogP contribution in [0.3, 0.4) is 0 Å². The largest absolute Gasteiger partial charge is 0.454 e. The normalized spacial score (nSPS) is 12.3. The van der Waals surface area contributed by atoms with E-state index in [4.69, 9.17) is 14.4 Å². The van der Waals surface area contributed by atoms with E-state index in [0.29, 0.717) is 0 Å². The lowest BCUT2D eigenvalue weighted by atomic mass is 10.00. The maximum Gasteiger partial charge on any atom is 0.160 e. The Kier molecular flexibility index (Phi) is 5.17. The van der Waals surface area contributed by atoms with Crippen LogP contribution in [0.1, 0.15) is 0 Å². The van der Waals surface area contributed by atoms with Crippen molar-refractivity contribution >= 4 is 98.1 Å². The van der Waals surface area contributed by atoms with Gasteiger partial charge in [0.05, 0.1) is 39.3 Å². The Labute approximate surface area is 290 Å². The average molecular weight is 651 g/mol. The lowest BCUT2D eigenvalue weighted by Gasteiger charge is -2.13. The second-order valence-corrected chi connectivity index (χ2v) is 13.3. The number of hydrogen-bond donors (Lipinski definition) is 0. The van der Waals surface area contributed by atoms with Crippen LogP contribution >= 0.6 is 0 Å². The van der Waals surface area contributed by atoms with Gasteiger partial charge in [-0.15, -0.1) is 0 Å². The molecule has 236 valence electrons. The molecule has 0 aliphatic carbocycles. The molecule has 0 saturated heterocycles. The number of fused-ring (bicyclic) bond motifs is 18. The van der Waals surface area contributed by atoms with Gasteiger partial charge >= 0.3 is 0 Å². The van der Waals surface area contributed by atoms with E-state index < -0.39 is 0 Å². The van der Waals surface area contributed by atoms with E-state index in [1.165, 1.54) is 10.8 Å². The summed E-state index contributed by atoms with van der Waals surface area (Å²) in [7, 11) is 0. The van der Waals surface area contributed by atoms with Gasteiger partial charge < -0.3 is 8.98 Å². The zero-order valence-electron chi connectivity index (χ0n) is 27.2. The van der Waals surface area contributed by atoms with Crippen LogP contribution in [-0.2, 0) is 0 Å². The Morgan fingerprint density at radius 3 is 1.69 bits per heavy atom. The molecule has 5 heteroatoms. The number of benzene rings is 8. The van der Waals surface area contributed by atoms with Gasteiger partial charge in [0.2, 0.25) is 0 Å². The monoisotopic (exact) mass is 650 g/mol. The highest BCUT2D eigenvalue weighted by atomic mass is 16.3. The molecule has 12 rings (SSSR count). The molecule has 51 heavy (non-hydrogen) atoms. The molecule has 0 spiro atoms. The van der Waals surface area contributed by atoms with Gasteiger partial charge in [0.15, 0.2) is 11.4 Å². The van der Waals surface area contributed by atoms with Crippen molar-refractivity contribution in [3.8, 4) is 11.5 Å². The summed E-state index contributed by atoms with van der Waals surface area (Å²) in [5, 5.41) is 11.3. The smallest absolute Gasteiger partial charge is 0.160 e. The summed E-state index contributed by atoms with van der Waals surface area (Å²) in [6, 6.07) is 53.4. The third-order valence-electron chi connectivity index (χ3n) is 10.7. The van der Waals surface area contributed by atoms with Crippen molar-refractivity contribution in [2.24, 2.45) is 0 Å². The van der Waals surface area contributed by atoms with Crippen molar-refractivity contribution in [1.29, 1.82) is 0 Å². The lowest BCUT2D eigenvalue weighted by molar-refractivity contribution is 0.671. The summed E-state index contributed by atoms with van der Waals surface area (Å²) in [4.78, 5) is 10.8. The second-order valence-electron chi connectivity index (χ2n) is 13.3. The van der Waals surface area contributed by atoms with Gasteiger partial charge in [0.1, 0.15) is 5.58 Å². The molecule has 8 aromatic carbocycles.